The summed E-state index contributed by atoms with van der Waals surface area (Å²) in [7, 11) is 0. The fraction of sp³-hybridized carbons (Fsp3) is 0.115. The zero-order valence-corrected chi connectivity index (χ0v) is 20.0. The third-order valence-electron chi connectivity index (χ3n) is 4.48. The maximum Gasteiger partial charge on any atom is 0.266 e. The lowest BCUT2D eigenvalue weighted by atomic mass is 10.1. The highest BCUT2D eigenvalue weighted by molar-refractivity contribution is 9.10. The van der Waals surface area contributed by atoms with Gasteiger partial charge >= 0.3 is 0 Å². The van der Waals surface area contributed by atoms with Crippen LogP contribution < -0.4 is 20.1 Å². The normalized spacial score (nSPS) is 10.7. The van der Waals surface area contributed by atoms with Gasteiger partial charge in [-0.3, -0.25) is 9.59 Å². The Hall–Kier alpha value is -4.09. The molecule has 3 aromatic rings. The fourth-order valence-corrected chi connectivity index (χ4v) is 3.12. The van der Waals surface area contributed by atoms with E-state index < -0.39 is 5.91 Å². The summed E-state index contributed by atoms with van der Waals surface area (Å²) in [5.41, 5.74) is 1.84. The zero-order valence-electron chi connectivity index (χ0n) is 18.4. The van der Waals surface area contributed by atoms with Crippen molar-refractivity contribution in [3.05, 3.63) is 88.4 Å². The van der Waals surface area contributed by atoms with Crippen LogP contribution in [0.4, 0.5) is 11.4 Å². The second-order valence-electron chi connectivity index (χ2n) is 6.99. The number of carbonyl (C=O) groups is 2. The first-order chi connectivity index (χ1) is 16.5. The summed E-state index contributed by atoms with van der Waals surface area (Å²) in [6, 6.07) is 22.8. The molecule has 7 nitrogen and oxygen atoms in total. The van der Waals surface area contributed by atoms with Crippen molar-refractivity contribution in [2.75, 3.05) is 23.8 Å². The molecule has 0 heterocycles. The van der Waals surface area contributed by atoms with Crippen molar-refractivity contribution in [3.8, 4) is 17.6 Å². The van der Waals surface area contributed by atoms with Gasteiger partial charge in [0.05, 0.1) is 6.61 Å². The maximum atomic E-state index is 12.4. The lowest BCUT2D eigenvalue weighted by Gasteiger charge is -2.09. The Balaban J connectivity index is 1.53. The van der Waals surface area contributed by atoms with Crippen LogP contribution in [0.2, 0.25) is 0 Å². The number of benzene rings is 3. The highest BCUT2D eigenvalue weighted by Gasteiger charge is 2.10. The minimum absolute atomic E-state index is 0.0358. The van der Waals surface area contributed by atoms with Gasteiger partial charge in [-0.05, 0) is 79.2 Å². The van der Waals surface area contributed by atoms with Crippen LogP contribution in [0.25, 0.3) is 6.08 Å². The van der Waals surface area contributed by atoms with Gasteiger partial charge in [-0.25, -0.2) is 0 Å². The SMILES string of the molecule is CCOc1ccc(NC(=O)COc2ccc(/C=C(/C#N)C(=O)Nc3ccc(Br)cc3)cc2)cc1. The average molecular weight is 520 g/mol. The fourth-order valence-electron chi connectivity index (χ4n) is 2.85. The van der Waals surface area contributed by atoms with Gasteiger partial charge in [-0.1, -0.05) is 28.1 Å². The van der Waals surface area contributed by atoms with Gasteiger partial charge in [0.15, 0.2) is 6.61 Å². The Morgan fingerprint density at radius 3 is 2.06 bits per heavy atom. The van der Waals surface area contributed by atoms with E-state index in [9.17, 15) is 14.9 Å². The maximum absolute atomic E-state index is 12.4. The molecule has 0 aliphatic heterocycles. The number of nitrogens with zero attached hydrogens (tertiary/aromatic N) is 1. The lowest BCUT2D eigenvalue weighted by Crippen LogP contribution is -2.20. The summed E-state index contributed by atoms with van der Waals surface area (Å²) in [4.78, 5) is 24.5. The lowest BCUT2D eigenvalue weighted by molar-refractivity contribution is -0.118. The van der Waals surface area contributed by atoms with Crippen LogP contribution in [0.3, 0.4) is 0 Å². The summed E-state index contributed by atoms with van der Waals surface area (Å²) >= 11 is 3.33. The van der Waals surface area contributed by atoms with Crippen molar-refractivity contribution in [1.82, 2.24) is 0 Å². The number of hydrogen-bond acceptors (Lipinski definition) is 5. The molecule has 172 valence electrons. The number of rotatable bonds is 9. The summed E-state index contributed by atoms with van der Waals surface area (Å²) < 4.78 is 11.8. The van der Waals surface area contributed by atoms with Crippen molar-refractivity contribution < 1.29 is 19.1 Å². The molecule has 0 radical (unpaired) electrons. The quantitative estimate of drug-likeness (QED) is 0.290. The van der Waals surface area contributed by atoms with E-state index in [-0.39, 0.29) is 18.1 Å². The highest BCUT2D eigenvalue weighted by Crippen LogP contribution is 2.18. The van der Waals surface area contributed by atoms with E-state index in [1.807, 2.05) is 13.0 Å². The first kappa shape index (κ1) is 24.6. The van der Waals surface area contributed by atoms with Crippen LogP contribution in [0.5, 0.6) is 11.5 Å². The number of hydrogen-bond donors (Lipinski definition) is 2. The number of nitriles is 1. The van der Waals surface area contributed by atoms with Gasteiger partial charge in [0.25, 0.3) is 11.8 Å². The zero-order chi connectivity index (χ0) is 24.3. The summed E-state index contributed by atoms with van der Waals surface area (Å²) in [6.45, 7) is 2.31. The Labute approximate surface area is 206 Å². The molecule has 0 aliphatic rings. The van der Waals surface area contributed by atoms with Gasteiger partial charge in [0.2, 0.25) is 0 Å². The molecule has 0 aliphatic carbocycles. The number of amides is 2. The smallest absolute Gasteiger partial charge is 0.266 e. The van der Waals surface area contributed by atoms with Gasteiger partial charge in [0.1, 0.15) is 23.1 Å². The van der Waals surface area contributed by atoms with Crippen LogP contribution in [0.1, 0.15) is 12.5 Å². The molecule has 0 spiro atoms. The molecule has 34 heavy (non-hydrogen) atoms. The summed E-state index contributed by atoms with van der Waals surface area (Å²) in [6.07, 6.45) is 1.48. The molecule has 0 aromatic heterocycles. The molecule has 0 atom stereocenters. The van der Waals surface area contributed by atoms with Crippen LogP contribution in [-0.4, -0.2) is 25.0 Å². The number of nitrogens with one attached hydrogen (secondary N) is 2. The molecule has 8 heteroatoms. The molecule has 0 saturated heterocycles. The second kappa shape index (κ2) is 12.2. The molecular formula is C26H22BrN3O4. The second-order valence-corrected chi connectivity index (χ2v) is 7.91. The average Bonchev–Trinajstić information content (AvgIpc) is 2.84. The molecule has 3 rings (SSSR count). The van der Waals surface area contributed by atoms with Crippen molar-refractivity contribution in [2.45, 2.75) is 6.92 Å². The van der Waals surface area contributed by atoms with Crippen molar-refractivity contribution >= 4 is 45.2 Å². The number of ether oxygens (including phenoxy) is 2. The van der Waals surface area contributed by atoms with E-state index in [4.69, 9.17) is 9.47 Å². The van der Waals surface area contributed by atoms with Crippen molar-refractivity contribution in [1.29, 1.82) is 5.26 Å². The predicted octanol–water partition coefficient (Wildman–Crippen LogP) is 5.41. The number of carbonyl (C=O) groups excluding carboxylic acids is 2. The molecule has 2 N–H and O–H groups in total. The Morgan fingerprint density at radius 1 is 0.882 bits per heavy atom. The molecule has 0 unspecified atom stereocenters. The monoisotopic (exact) mass is 519 g/mol. The van der Waals surface area contributed by atoms with E-state index >= 15 is 0 Å². The largest absolute Gasteiger partial charge is 0.494 e. The van der Waals surface area contributed by atoms with Gasteiger partial charge < -0.3 is 20.1 Å². The standard InChI is InChI=1S/C26H22BrN3O4/c1-2-33-23-13-9-21(10-14-23)29-25(31)17-34-24-11-3-18(4-12-24)15-19(16-28)26(32)30-22-7-5-20(27)6-8-22/h3-15H,2,17H2,1H3,(H,29,31)(H,30,32)/b19-15-. The Kier molecular flexibility index (Phi) is 8.83. The first-order valence-corrected chi connectivity index (χ1v) is 11.2. The van der Waals surface area contributed by atoms with Gasteiger partial charge in [-0.15, -0.1) is 0 Å². The number of halogens is 1. The van der Waals surface area contributed by atoms with Crippen LogP contribution in [0.15, 0.2) is 82.8 Å². The summed E-state index contributed by atoms with van der Waals surface area (Å²) in [5.74, 6) is 0.411. The van der Waals surface area contributed by atoms with Crippen LogP contribution in [-0.2, 0) is 9.59 Å². The van der Waals surface area contributed by atoms with E-state index in [1.54, 1.807) is 72.8 Å². The molecule has 0 saturated carbocycles. The molecule has 2 amide bonds. The predicted molar refractivity (Wildman–Crippen MR) is 135 cm³/mol. The van der Waals surface area contributed by atoms with E-state index in [1.165, 1.54) is 6.08 Å². The van der Waals surface area contributed by atoms with Gasteiger partial charge in [-0.2, -0.15) is 5.26 Å². The first-order valence-electron chi connectivity index (χ1n) is 10.4. The van der Waals surface area contributed by atoms with E-state index in [2.05, 4.69) is 26.6 Å². The third kappa shape index (κ3) is 7.50. The van der Waals surface area contributed by atoms with E-state index in [0.717, 1.165) is 10.2 Å². The Bertz CT molecular complexity index is 1200. The highest BCUT2D eigenvalue weighted by atomic mass is 79.9. The van der Waals surface area contributed by atoms with E-state index in [0.29, 0.717) is 29.3 Å². The number of anilines is 2. The minimum Gasteiger partial charge on any atom is -0.494 e. The minimum atomic E-state index is -0.504. The van der Waals surface area contributed by atoms with Gasteiger partial charge in [0, 0.05) is 15.8 Å². The Morgan fingerprint density at radius 2 is 1.44 bits per heavy atom. The molecule has 0 fully saturated rings. The third-order valence-corrected chi connectivity index (χ3v) is 5.01. The van der Waals surface area contributed by atoms with Crippen molar-refractivity contribution in [2.24, 2.45) is 0 Å². The molecular weight excluding hydrogens is 498 g/mol. The molecule has 3 aromatic carbocycles. The van der Waals surface area contributed by atoms with Crippen LogP contribution >= 0.6 is 15.9 Å². The molecule has 0 bridgehead atoms. The topological polar surface area (TPSA) is 100 Å². The summed E-state index contributed by atoms with van der Waals surface area (Å²) in [5, 5.41) is 14.8. The van der Waals surface area contributed by atoms with Crippen molar-refractivity contribution in [3.63, 3.8) is 0 Å². The van der Waals surface area contributed by atoms with Crippen LogP contribution in [0, 0.1) is 11.3 Å².